The molecule has 22 heavy (non-hydrogen) atoms. The maximum Gasteiger partial charge on any atom is 0.308 e. The highest BCUT2D eigenvalue weighted by Crippen LogP contribution is 2.17. The minimum atomic E-state index is -0.264. The summed E-state index contributed by atoms with van der Waals surface area (Å²) < 4.78 is 10.6. The van der Waals surface area contributed by atoms with Crippen LogP contribution in [0, 0.1) is 5.92 Å². The Morgan fingerprint density at radius 1 is 1.27 bits per heavy atom. The molecule has 0 aliphatic heterocycles. The normalized spacial score (nSPS) is 10.9. The van der Waals surface area contributed by atoms with Gasteiger partial charge in [0.25, 0.3) is 0 Å². The molecule has 0 aliphatic rings. The van der Waals surface area contributed by atoms with Crippen molar-refractivity contribution >= 4 is 5.97 Å². The van der Waals surface area contributed by atoms with Crippen molar-refractivity contribution in [3.63, 3.8) is 0 Å². The van der Waals surface area contributed by atoms with Gasteiger partial charge in [-0.05, 0) is 12.0 Å². The van der Waals surface area contributed by atoms with E-state index in [-0.39, 0.29) is 19.0 Å². The van der Waals surface area contributed by atoms with E-state index in [2.05, 4.69) is 24.0 Å². The van der Waals surface area contributed by atoms with Crippen LogP contribution in [0.15, 0.2) is 36.4 Å². The van der Waals surface area contributed by atoms with Gasteiger partial charge in [-0.2, -0.15) is 5.10 Å². The Balaban J connectivity index is 1.73. The van der Waals surface area contributed by atoms with Crippen LogP contribution in [0.5, 0.6) is 0 Å². The molecule has 5 nitrogen and oxygen atoms in total. The predicted molar refractivity (Wildman–Crippen MR) is 84.1 cm³/mol. The van der Waals surface area contributed by atoms with E-state index in [1.807, 2.05) is 36.4 Å². The topological polar surface area (TPSA) is 64.2 Å². The van der Waals surface area contributed by atoms with Gasteiger partial charge in [0.05, 0.1) is 24.4 Å². The number of ether oxygens (including phenoxy) is 2. The molecule has 2 aromatic rings. The Bertz CT molecular complexity index is 579. The van der Waals surface area contributed by atoms with Crippen molar-refractivity contribution in [3.8, 4) is 11.3 Å². The van der Waals surface area contributed by atoms with Crippen molar-refractivity contribution < 1.29 is 14.3 Å². The van der Waals surface area contributed by atoms with E-state index in [9.17, 15) is 4.79 Å². The van der Waals surface area contributed by atoms with Gasteiger partial charge in [-0.15, -0.1) is 0 Å². The molecular weight excluding hydrogens is 280 g/mol. The first-order chi connectivity index (χ1) is 10.6. The van der Waals surface area contributed by atoms with E-state index >= 15 is 0 Å². The number of carbonyl (C=O) groups excluding carboxylic acids is 1. The lowest BCUT2D eigenvalue weighted by Gasteiger charge is -2.06. The summed E-state index contributed by atoms with van der Waals surface area (Å²) in [5.41, 5.74) is 2.64. The van der Waals surface area contributed by atoms with Crippen molar-refractivity contribution in [2.24, 2.45) is 5.92 Å². The summed E-state index contributed by atoms with van der Waals surface area (Å²) in [6.07, 6.45) is 0.270. The second-order valence-electron chi connectivity index (χ2n) is 5.52. The molecule has 2 rings (SSSR count). The summed E-state index contributed by atoms with van der Waals surface area (Å²) in [5, 5.41) is 7.10. The van der Waals surface area contributed by atoms with E-state index < -0.39 is 0 Å². The second-order valence-corrected chi connectivity index (χ2v) is 5.52. The van der Waals surface area contributed by atoms with Gasteiger partial charge in [0.15, 0.2) is 0 Å². The summed E-state index contributed by atoms with van der Waals surface area (Å²) in [7, 11) is 0. The molecule has 1 aromatic carbocycles. The smallest absolute Gasteiger partial charge is 0.308 e. The van der Waals surface area contributed by atoms with Crippen LogP contribution in [0.3, 0.4) is 0 Å². The average molecular weight is 302 g/mol. The van der Waals surface area contributed by atoms with Crippen LogP contribution in [0.2, 0.25) is 0 Å². The second kappa shape index (κ2) is 8.34. The number of esters is 1. The summed E-state index contributed by atoms with van der Waals surface area (Å²) in [5.74, 6) is 0.206. The number of hydrogen-bond acceptors (Lipinski definition) is 4. The van der Waals surface area contributed by atoms with Gasteiger partial charge in [0.1, 0.15) is 6.61 Å². The van der Waals surface area contributed by atoms with Gasteiger partial charge in [-0.1, -0.05) is 44.2 Å². The third-order valence-corrected chi connectivity index (χ3v) is 2.99. The lowest BCUT2D eigenvalue weighted by molar-refractivity contribution is -0.146. The zero-order valence-corrected chi connectivity index (χ0v) is 13.0. The van der Waals surface area contributed by atoms with Crippen molar-refractivity contribution in [1.29, 1.82) is 0 Å². The number of nitrogens with zero attached hydrogens (tertiary/aromatic N) is 1. The van der Waals surface area contributed by atoms with E-state index in [1.165, 1.54) is 0 Å². The number of H-pyrrole nitrogens is 1. The van der Waals surface area contributed by atoms with Gasteiger partial charge in [-0.25, -0.2) is 0 Å². The molecule has 0 radical (unpaired) electrons. The van der Waals surface area contributed by atoms with Crippen LogP contribution in [0.25, 0.3) is 11.3 Å². The SMILES string of the molecule is CC(C)COCCC(=O)OCc1cc(-c2ccccc2)n[nH]1. The fourth-order valence-corrected chi connectivity index (χ4v) is 1.90. The number of nitrogens with one attached hydrogen (secondary N) is 1. The molecule has 0 atom stereocenters. The minimum absolute atomic E-state index is 0.197. The van der Waals surface area contributed by atoms with Crippen molar-refractivity contribution in [2.45, 2.75) is 26.9 Å². The van der Waals surface area contributed by atoms with Crippen molar-refractivity contribution in [1.82, 2.24) is 10.2 Å². The highest BCUT2D eigenvalue weighted by atomic mass is 16.5. The van der Waals surface area contributed by atoms with Crippen LogP contribution in [0.1, 0.15) is 26.0 Å². The lowest BCUT2D eigenvalue weighted by atomic mass is 10.1. The quantitative estimate of drug-likeness (QED) is 0.601. The third-order valence-electron chi connectivity index (χ3n) is 2.99. The van der Waals surface area contributed by atoms with Crippen LogP contribution in [-0.4, -0.2) is 29.4 Å². The predicted octanol–water partition coefficient (Wildman–Crippen LogP) is 3.18. The van der Waals surface area contributed by atoms with Gasteiger partial charge < -0.3 is 9.47 Å². The monoisotopic (exact) mass is 302 g/mol. The van der Waals surface area contributed by atoms with Crippen LogP contribution >= 0.6 is 0 Å². The Morgan fingerprint density at radius 3 is 2.77 bits per heavy atom. The highest BCUT2D eigenvalue weighted by molar-refractivity contribution is 5.69. The molecular formula is C17H22N2O3. The first-order valence-corrected chi connectivity index (χ1v) is 7.48. The Hall–Kier alpha value is -2.14. The maximum absolute atomic E-state index is 11.6. The Morgan fingerprint density at radius 2 is 2.05 bits per heavy atom. The molecule has 1 aromatic heterocycles. The molecule has 0 spiro atoms. The maximum atomic E-state index is 11.6. The molecule has 0 amide bonds. The van der Waals surface area contributed by atoms with Crippen molar-refractivity contribution in [2.75, 3.05) is 13.2 Å². The highest BCUT2D eigenvalue weighted by Gasteiger charge is 2.07. The average Bonchev–Trinajstić information content (AvgIpc) is 2.99. The summed E-state index contributed by atoms with van der Waals surface area (Å²) in [6, 6.07) is 11.7. The molecule has 0 aliphatic carbocycles. The lowest BCUT2D eigenvalue weighted by Crippen LogP contribution is -2.10. The number of benzene rings is 1. The fraction of sp³-hybridized carbons (Fsp3) is 0.412. The van der Waals surface area contributed by atoms with Gasteiger partial charge in [0, 0.05) is 12.2 Å². The summed E-state index contributed by atoms with van der Waals surface area (Å²) >= 11 is 0. The molecule has 0 saturated heterocycles. The van der Waals surface area contributed by atoms with E-state index in [4.69, 9.17) is 9.47 Å². The molecule has 1 N–H and O–H groups in total. The van der Waals surface area contributed by atoms with Gasteiger partial charge in [0.2, 0.25) is 0 Å². The van der Waals surface area contributed by atoms with Crippen LogP contribution in [-0.2, 0) is 20.9 Å². The summed E-state index contributed by atoms with van der Waals surface area (Å²) in [4.78, 5) is 11.6. The molecule has 5 heteroatoms. The van der Waals surface area contributed by atoms with E-state index in [0.717, 1.165) is 17.0 Å². The Labute approximate surface area is 130 Å². The molecule has 0 unspecified atom stereocenters. The zero-order valence-electron chi connectivity index (χ0n) is 13.0. The number of carbonyl (C=O) groups is 1. The minimum Gasteiger partial charge on any atom is -0.459 e. The molecule has 0 saturated carbocycles. The number of aromatic nitrogens is 2. The van der Waals surface area contributed by atoms with Gasteiger partial charge >= 0.3 is 5.97 Å². The number of hydrogen-bond donors (Lipinski definition) is 1. The molecule has 1 heterocycles. The molecule has 0 fully saturated rings. The first kappa shape index (κ1) is 16.2. The van der Waals surface area contributed by atoms with E-state index in [0.29, 0.717) is 19.1 Å². The Kier molecular flexibility index (Phi) is 6.15. The van der Waals surface area contributed by atoms with E-state index in [1.54, 1.807) is 0 Å². The van der Waals surface area contributed by atoms with Crippen LogP contribution in [0.4, 0.5) is 0 Å². The first-order valence-electron chi connectivity index (χ1n) is 7.48. The number of rotatable bonds is 8. The van der Waals surface area contributed by atoms with Gasteiger partial charge in [-0.3, -0.25) is 9.89 Å². The van der Waals surface area contributed by atoms with Crippen LogP contribution < -0.4 is 0 Å². The molecule has 0 bridgehead atoms. The fourth-order valence-electron chi connectivity index (χ4n) is 1.90. The number of aromatic amines is 1. The summed E-state index contributed by atoms with van der Waals surface area (Å²) in [6.45, 7) is 5.40. The molecule has 118 valence electrons. The third kappa shape index (κ3) is 5.33. The zero-order chi connectivity index (χ0) is 15.8. The van der Waals surface area contributed by atoms with Crippen molar-refractivity contribution in [3.05, 3.63) is 42.1 Å². The largest absolute Gasteiger partial charge is 0.459 e. The standard InChI is InChI=1S/C17H22N2O3/c1-13(2)11-21-9-8-17(20)22-12-15-10-16(19-18-15)14-6-4-3-5-7-14/h3-7,10,13H,8-9,11-12H2,1-2H3,(H,18,19).